The summed E-state index contributed by atoms with van der Waals surface area (Å²) in [5.74, 6) is -4.98. The van der Waals surface area contributed by atoms with Gasteiger partial charge in [-0.1, -0.05) is 74.0 Å². The number of hydrogen-bond donors (Lipinski definition) is 2. The first-order valence-corrected chi connectivity index (χ1v) is 14.0. The molecule has 0 unspecified atom stereocenters. The standard InChI is InChI=1S/C30H24Cl3N3O4/c1-15(2)24(26(38)35-34-25(37)16-11-13-17(31)14-12-16)36-27(39)22-23(28(36)40)30(33)19-8-4-3-7-18(19)29(22,32)20-9-5-6-10-21(20)30/h3-15,22-24H,1-2H3,(H,34,37)(H,35,38)/t22-,23+,24-,29?,30?/m0/s1. The van der Waals surface area contributed by atoms with E-state index in [4.69, 9.17) is 34.8 Å². The van der Waals surface area contributed by atoms with E-state index in [2.05, 4.69) is 10.9 Å². The van der Waals surface area contributed by atoms with E-state index in [1.165, 1.54) is 12.1 Å². The van der Waals surface area contributed by atoms with Gasteiger partial charge in [0.15, 0.2) is 0 Å². The van der Waals surface area contributed by atoms with Crippen molar-refractivity contribution in [2.45, 2.75) is 29.6 Å². The lowest BCUT2D eigenvalue weighted by Crippen LogP contribution is -2.57. The van der Waals surface area contributed by atoms with Crippen LogP contribution in [0.1, 0.15) is 46.5 Å². The van der Waals surface area contributed by atoms with Gasteiger partial charge in [0.2, 0.25) is 11.8 Å². The molecule has 7 nitrogen and oxygen atoms in total. The molecule has 1 heterocycles. The highest BCUT2D eigenvalue weighted by atomic mass is 35.5. The Hall–Kier alpha value is -3.39. The molecule has 2 N–H and O–H groups in total. The molecular weight excluding hydrogens is 573 g/mol. The maximum atomic E-state index is 14.2. The zero-order chi connectivity index (χ0) is 28.6. The summed E-state index contributed by atoms with van der Waals surface area (Å²) in [7, 11) is 0. The first-order valence-electron chi connectivity index (χ1n) is 12.8. The predicted molar refractivity (Wildman–Crippen MR) is 151 cm³/mol. The van der Waals surface area contributed by atoms with Gasteiger partial charge in [-0.05, 0) is 52.4 Å². The Morgan fingerprint density at radius 1 is 0.750 bits per heavy atom. The van der Waals surface area contributed by atoms with Gasteiger partial charge >= 0.3 is 0 Å². The van der Waals surface area contributed by atoms with Crippen LogP contribution in [0.2, 0.25) is 5.02 Å². The van der Waals surface area contributed by atoms with Crippen LogP contribution in [-0.2, 0) is 24.1 Å². The first kappa shape index (κ1) is 26.8. The lowest BCUT2D eigenvalue weighted by atomic mass is 9.54. The summed E-state index contributed by atoms with van der Waals surface area (Å²) in [6, 6.07) is 19.6. The second kappa shape index (κ2) is 9.33. The molecular formula is C30H24Cl3N3O4. The highest BCUT2D eigenvalue weighted by Crippen LogP contribution is 2.69. The minimum atomic E-state index is -1.35. The van der Waals surface area contributed by atoms with Crippen LogP contribution in [0.4, 0.5) is 0 Å². The van der Waals surface area contributed by atoms with Gasteiger partial charge in [0.05, 0.1) is 11.8 Å². The van der Waals surface area contributed by atoms with E-state index in [0.717, 1.165) is 4.90 Å². The fourth-order valence-corrected chi connectivity index (χ4v) is 7.77. The Labute approximate surface area is 245 Å². The van der Waals surface area contributed by atoms with E-state index in [0.29, 0.717) is 27.3 Å². The Morgan fingerprint density at radius 3 is 1.57 bits per heavy atom. The molecule has 2 bridgehead atoms. The van der Waals surface area contributed by atoms with Crippen LogP contribution in [0.15, 0.2) is 72.8 Å². The van der Waals surface area contributed by atoms with E-state index >= 15 is 0 Å². The maximum Gasteiger partial charge on any atom is 0.269 e. The Balaban J connectivity index is 1.37. The van der Waals surface area contributed by atoms with Crippen LogP contribution in [0.25, 0.3) is 0 Å². The van der Waals surface area contributed by atoms with Crippen molar-refractivity contribution in [3.8, 4) is 0 Å². The SMILES string of the molecule is CC(C)[C@@H](C(=O)NNC(=O)c1ccc(Cl)cc1)N1C(=O)[C@@H]2[C@H](C1=O)C1(Cl)c3ccccc3C2(Cl)c2ccccc21. The van der Waals surface area contributed by atoms with E-state index in [9.17, 15) is 19.2 Å². The number of hydrazine groups is 1. The molecule has 1 saturated heterocycles. The van der Waals surface area contributed by atoms with Gasteiger partial charge in [0, 0.05) is 10.6 Å². The summed E-state index contributed by atoms with van der Waals surface area (Å²) >= 11 is 20.8. The van der Waals surface area contributed by atoms with Crippen LogP contribution in [0.5, 0.6) is 0 Å². The van der Waals surface area contributed by atoms with Crippen LogP contribution < -0.4 is 10.9 Å². The summed E-state index contributed by atoms with van der Waals surface area (Å²) in [5.41, 5.74) is 7.72. The van der Waals surface area contributed by atoms with Crippen LogP contribution in [0.3, 0.4) is 0 Å². The van der Waals surface area contributed by atoms with Gasteiger partial charge in [-0.15, -0.1) is 23.2 Å². The van der Waals surface area contributed by atoms with Crippen molar-refractivity contribution in [1.29, 1.82) is 0 Å². The summed E-state index contributed by atoms with van der Waals surface area (Å²) < 4.78 is 0. The zero-order valence-corrected chi connectivity index (χ0v) is 23.7. The number of hydrogen-bond acceptors (Lipinski definition) is 4. The fraction of sp³-hybridized carbons (Fsp3) is 0.267. The average Bonchev–Trinajstić information content (AvgIpc) is 3.21. The smallest absolute Gasteiger partial charge is 0.269 e. The molecule has 10 heteroatoms. The van der Waals surface area contributed by atoms with Gasteiger partial charge < -0.3 is 0 Å². The number of imide groups is 1. The Morgan fingerprint density at radius 2 is 1.18 bits per heavy atom. The topological polar surface area (TPSA) is 95.6 Å². The molecule has 4 aliphatic rings. The Kier molecular flexibility index (Phi) is 6.26. The normalized spacial score (nSPS) is 26.7. The Bertz CT molecular complexity index is 1470. The largest absolute Gasteiger partial charge is 0.274 e. The van der Waals surface area contributed by atoms with Crippen molar-refractivity contribution < 1.29 is 19.2 Å². The number of likely N-dealkylation sites (tertiary alicyclic amines) is 1. The van der Waals surface area contributed by atoms with Crippen LogP contribution in [0, 0.1) is 17.8 Å². The van der Waals surface area contributed by atoms with Crippen molar-refractivity contribution in [2.75, 3.05) is 0 Å². The minimum absolute atomic E-state index is 0.269. The minimum Gasteiger partial charge on any atom is -0.274 e. The van der Waals surface area contributed by atoms with Gasteiger partial charge in [-0.2, -0.15) is 0 Å². The molecule has 0 saturated carbocycles. The summed E-state index contributed by atoms with van der Waals surface area (Å²) in [6.45, 7) is 3.44. The van der Waals surface area contributed by atoms with Crippen molar-refractivity contribution in [3.05, 3.63) is 106 Å². The highest BCUT2D eigenvalue weighted by Gasteiger charge is 2.73. The third kappa shape index (κ3) is 3.51. The zero-order valence-electron chi connectivity index (χ0n) is 21.5. The third-order valence-corrected chi connectivity index (χ3v) is 9.74. The molecule has 4 amide bonds. The van der Waals surface area contributed by atoms with Crippen molar-refractivity contribution in [2.24, 2.45) is 17.8 Å². The number of carbonyl (C=O) groups excluding carboxylic acids is 4. The number of nitrogens with one attached hydrogen (secondary N) is 2. The molecule has 0 radical (unpaired) electrons. The van der Waals surface area contributed by atoms with Gasteiger partial charge in [-0.3, -0.25) is 34.9 Å². The number of amides is 4. The van der Waals surface area contributed by atoms with Crippen LogP contribution in [-0.4, -0.2) is 34.6 Å². The molecule has 40 heavy (non-hydrogen) atoms. The number of rotatable bonds is 4. The number of alkyl halides is 2. The highest BCUT2D eigenvalue weighted by molar-refractivity contribution is 6.36. The molecule has 7 rings (SSSR count). The number of nitrogens with zero attached hydrogens (tertiary/aromatic N) is 1. The van der Waals surface area contributed by atoms with Crippen molar-refractivity contribution in [1.82, 2.24) is 15.8 Å². The van der Waals surface area contributed by atoms with Gasteiger partial charge in [0.1, 0.15) is 15.8 Å². The second-order valence-electron chi connectivity index (χ2n) is 10.7. The van der Waals surface area contributed by atoms with Gasteiger partial charge in [-0.25, -0.2) is 0 Å². The molecule has 0 aromatic heterocycles. The molecule has 3 aromatic carbocycles. The van der Waals surface area contributed by atoms with Gasteiger partial charge in [0.25, 0.3) is 11.8 Å². The molecule has 1 fully saturated rings. The van der Waals surface area contributed by atoms with Crippen LogP contribution >= 0.6 is 34.8 Å². The summed E-state index contributed by atoms with van der Waals surface area (Å²) in [5, 5.41) is 0.459. The predicted octanol–water partition coefficient (Wildman–Crippen LogP) is 4.72. The number of carbonyl (C=O) groups is 4. The number of halogens is 3. The molecule has 3 aromatic rings. The molecule has 0 spiro atoms. The van der Waals surface area contributed by atoms with Crippen molar-refractivity contribution in [3.63, 3.8) is 0 Å². The molecule has 1 aliphatic heterocycles. The fourth-order valence-electron chi connectivity index (χ4n) is 6.55. The van der Waals surface area contributed by atoms with E-state index in [-0.39, 0.29) is 5.56 Å². The lowest BCUT2D eigenvalue weighted by molar-refractivity contribution is -0.150. The number of benzene rings is 3. The van der Waals surface area contributed by atoms with Crippen molar-refractivity contribution >= 4 is 58.4 Å². The summed E-state index contributed by atoms with van der Waals surface area (Å²) in [6.07, 6.45) is 0. The lowest BCUT2D eigenvalue weighted by Gasteiger charge is -2.54. The van der Waals surface area contributed by atoms with E-state index in [1.807, 2.05) is 48.5 Å². The monoisotopic (exact) mass is 595 g/mol. The third-order valence-electron chi connectivity index (χ3n) is 8.20. The molecule has 204 valence electrons. The quantitative estimate of drug-likeness (QED) is 0.259. The molecule has 3 aliphatic carbocycles. The van der Waals surface area contributed by atoms with E-state index in [1.54, 1.807) is 26.0 Å². The van der Waals surface area contributed by atoms with E-state index < -0.39 is 57.2 Å². The first-order chi connectivity index (χ1) is 19.0. The molecule has 3 atom stereocenters. The second-order valence-corrected chi connectivity index (χ2v) is 12.3. The maximum absolute atomic E-state index is 14.2. The summed E-state index contributed by atoms with van der Waals surface area (Å²) in [4.78, 5) is 52.8. The average molecular weight is 597 g/mol.